The summed E-state index contributed by atoms with van der Waals surface area (Å²) in [5.74, 6) is 2.06. The molecule has 106 valence electrons. The maximum absolute atomic E-state index is 12.3. The van der Waals surface area contributed by atoms with Gasteiger partial charge in [-0.15, -0.1) is 0 Å². The van der Waals surface area contributed by atoms with Crippen molar-refractivity contribution in [2.75, 3.05) is 11.9 Å². The molecule has 0 saturated carbocycles. The molecule has 1 N–H and O–H groups in total. The fraction of sp³-hybridized carbons (Fsp3) is 0.312. The molecule has 1 aromatic carbocycles. The maximum atomic E-state index is 12.3. The van der Waals surface area contributed by atoms with Crippen LogP contribution in [0.3, 0.4) is 0 Å². The first-order valence-electron chi connectivity index (χ1n) is 6.63. The molecule has 1 aromatic heterocycles. The Morgan fingerprint density at radius 3 is 2.30 bits per heavy atom. The van der Waals surface area contributed by atoms with Gasteiger partial charge in [-0.05, 0) is 52.0 Å². The number of hydrogen-bond donors (Lipinski definition) is 1. The predicted octanol–water partition coefficient (Wildman–Crippen LogP) is 3.86. The Balaban J connectivity index is 2.15. The average molecular weight is 273 g/mol. The summed E-state index contributed by atoms with van der Waals surface area (Å²) >= 11 is 0. The highest BCUT2D eigenvalue weighted by atomic mass is 16.5. The van der Waals surface area contributed by atoms with Gasteiger partial charge in [-0.2, -0.15) is 0 Å². The van der Waals surface area contributed by atoms with Crippen LogP contribution in [-0.4, -0.2) is 12.5 Å². The van der Waals surface area contributed by atoms with Crippen LogP contribution in [-0.2, 0) is 0 Å². The van der Waals surface area contributed by atoms with E-state index in [1.54, 1.807) is 6.92 Å². The van der Waals surface area contributed by atoms with Crippen molar-refractivity contribution in [3.63, 3.8) is 0 Å². The molecule has 0 fully saturated rings. The Hall–Kier alpha value is -2.23. The van der Waals surface area contributed by atoms with Crippen LogP contribution in [0.2, 0.25) is 0 Å². The van der Waals surface area contributed by atoms with Gasteiger partial charge >= 0.3 is 0 Å². The van der Waals surface area contributed by atoms with Gasteiger partial charge in [0, 0.05) is 11.3 Å². The van der Waals surface area contributed by atoms with Crippen LogP contribution in [0.5, 0.6) is 5.75 Å². The molecule has 2 rings (SSSR count). The van der Waals surface area contributed by atoms with Gasteiger partial charge in [0.25, 0.3) is 5.91 Å². The number of aryl methyl sites for hydroxylation is 2. The normalized spacial score (nSPS) is 10.4. The number of amides is 1. The molecule has 0 spiro atoms. The third-order valence-corrected chi connectivity index (χ3v) is 3.21. The van der Waals surface area contributed by atoms with Gasteiger partial charge in [0.1, 0.15) is 17.3 Å². The van der Waals surface area contributed by atoms with Crippen LogP contribution in [0.15, 0.2) is 28.7 Å². The molecule has 20 heavy (non-hydrogen) atoms. The molecular formula is C16H19NO3. The van der Waals surface area contributed by atoms with E-state index in [0.717, 1.165) is 22.8 Å². The highest BCUT2D eigenvalue weighted by Gasteiger charge is 2.18. The number of carbonyl (C=O) groups is 1. The second-order valence-electron chi connectivity index (χ2n) is 4.63. The van der Waals surface area contributed by atoms with Gasteiger partial charge in [0.2, 0.25) is 0 Å². The Morgan fingerprint density at radius 1 is 1.15 bits per heavy atom. The van der Waals surface area contributed by atoms with E-state index >= 15 is 0 Å². The van der Waals surface area contributed by atoms with E-state index in [2.05, 4.69) is 5.32 Å². The van der Waals surface area contributed by atoms with E-state index < -0.39 is 0 Å². The number of carbonyl (C=O) groups excluding carboxylic acids is 1. The standard InChI is InChI=1S/C16H19NO3/c1-5-19-14-8-6-13(7-9-14)17-16(18)15-10(2)11(3)20-12(15)4/h6-9H,5H2,1-4H3,(H,17,18). The van der Waals surface area contributed by atoms with Gasteiger partial charge in [-0.1, -0.05) is 0 Å². The van der Waals surface area contributed by atoms with Crippen molar-refractivity contribution >= 4 is 11.6 Å². The molecule has 1 amide bonds. The number of anilines is 1. The second kappa shape index (κ2) is 5.82. The minimum absolute atomic E-state index is 0.152. The number of rotatable bonds is 4. The molecule has 0 aliphatic rings. The molecule has 4 nitrogen and oxygen atoms in total. The molecular weight excluding hydrogens is 254 g/mol. The Bertz CT molecular complexity index is 611. The number of benzene rings is 1. The maximum Gasteiger partial charge on any atom is 0.259 e. The van der Waals surface area contributed by atoms with Crippen molar-refractivity contribution in [3.05, 3.63) is 46.9 Å². The zero-order chi connectivity index (χ0) is 14.7. The van der Waals surface area contributed by atoms with E-state index in [0.29, 0.717) is 17.9 Å². The number of furan rings is 1. The fourth-order valence-electron chi connectivity index (χ4n) is 2.12. The van der Waals surface area contributed by atoms with E-state index in [1.807, 2.05) is 45.0 Å². The summed E-state index contributed by atoms with van der Waals surface area (Å²) in [7, 11) is 0. The van der Waals surface area contributed by atoms with Gasteiger partial charge < -0.3 is 14.5 Å². The number of nitrogens with one attached hydrogen (secondary N) is 1. The van der Waals surface area contributed by atoms with Crippen LogP contribution in [0.4, 0.5) is 5.69 Å². The Labute approximate surface area is 118 Å². The molecule has 0 saturated heterocycles. The van der Waals surface area contributed by atoms with Crippen LogP contribution < -0.4 is 10.1 Å². The van der Waals surface area contributed by atoms with E-state index in [9.17, 15) is 4.79 Å². The summed E-state index contributed by atoms with van der Waals surface area (Å²) in [6.45, 7) is 8.10. The summed E-state index contributed by atoms with van der Waals surface area (Å²) in [4.78, 5) is 12.3. The van der Waals surface area contributed by atoms with Crippen molar-refractivity contribution in [1.29, 1.82) is 0 Å². The highest BCUT2D eigenvalue weighted by Crippen LogP contribution is 2.22. The van der Waals surface area contributed by atoms with Gasteiger partial charge in [-0.25, -0.2) is 0 Å². The van der Waals surface area contributed by atoms with E-state index in [-0.39, 0.29) is 5.91 Å². The Morgan fingerprint density at radius 2 is 1.80 bits per heavy atom. The van der Waals surface area contributed by atoms with Crippen molar-refractivity contribution in [1.82, 2.24) is 0 Å². The summed E-state index contributed by atoms with van der Waals surface area (Å²) in [5.41, 5.74) is 2.22. The van der Waals surface area contributed by atoms with Crippen molar-refractivity contribution in [2.24, 2.45) is 0 Å². The van der Waals surface area contributed by atoms with Crippen molar-refractivity contribution in [2.45, 2.75) is 27.7 Å². The highest BCUT2D eigenvalue weighted by molar-refractivity contribution is 6.06. The van der Waals surface area contributed by atoms with Crippen LogP contribution >= 0.6 is 0 Å². The minimum atomic E-state index is -0.152. The summed E-state index contributed by atoms with van der Waals surface area (Å²) < 4.78 is 10.8. The Kier molecular flexibility index (Phi) is 4.13. The lowest BCUT2D eigenvalue weighted by Gasteiger charge is -2.07. The molecule has 2 aromatic rings. The van der Waals surface area contributed by atoms with Crippen LogP contribution in [0.1, 0.15) is 34.4 Å². The van der Waals surface area contributed by atoms with Crippen LogP contribution in [0, 0.1) is 20.8 Å². The zero-order valence-electron chi connectivity index (χ0n) is 12.2. The first kappa shape index (κ1) is 14.2. The van der Waals surface area contributed by atoms with E-state index in [1.165, 1.54) is 0 Å². The largest absolute Gasteiger partial charge is 0.494 e. The molecule has 0 aliphatic carbocycles. The number of ether oxygens (including phenoxy) is 1. The van der Waals surface area contributed by atoms with Crippen LogP contribution in [0.25, 0.3) is 0 Å². The first-order chi connectivity index (χ1) is 9.52. The van der Waals surface area contributed by atoms with Gasteiger partial charge in [0.15, 0.2) is 0 Å². The monoisotopic (exact) mass is 273 g/mol. The fourth-order valence-corrected chi connectivity index (χ4v) is 2.12. The third-order valence-electron chi connectivity index (χ3n) is 3.21. The SMILES string of the molecule is CCOc1ccc(NC(=O)c2c(C)oc(C)c2C)cc1. The van der Waals surface area contributed by atoms with Crippen molar-refractivity contribution < 1.29 is 13.9 Å². The molecule has 0 atom stereocenters. The summed E-state index contributed by atoms with van der Waals surface area (Å²) in [6, 6.07) is 7.31. The summed E-state index contributed by atoms with van der Waals surface area (Å²) in [6.07, 6.45) is 0. The lowest BCUT2D eigenvalue weighted by atomic mass is 10.1. The minimum Gasteiger partial charge on any atom is -0.494 e. The van der Waals surface area contributed by atoms with Gasteiger partial charge in [0.05, 0.1) is 12.2 Å². The molecule has 0 radical (unpaired) electrons. The summed E-state index contributed by atoms with van der Waals surface area (Å²) in [5, 5.41) is 2.87. The molecule has 4 heteroatoms. The smallest absolute Gasteiger partial charge is 0.259 e. The van der Waals surface area contributed by atoms with E-state index in [4.69, 9.17) is 9.15 Å². The molecule has 0 unspecified atom stereocenters. The average Bonchev–Trinajstić information content (AvgIpc) is 2.66. The second-order valence-corrected chi connectivity index (χ2v) is 4.63. The molecule has 0 aliphatic heterocycles. The van der Waals surface area contributed by atoms with Crippen molar-refractivity contribution in [3.8, 4) is 5.75 Å². The molecule has 0 bridgehead atoms. The lowest BCUT2D eigenvalue weighted by Crippen LogP contribution is -2.13. The first-order valence-corrected chi connectivity index (χ1v) is 6.63. The zero-order valence-corrected chi connectivity index (χ0v) is 12.2. The predicted molar refractivity (Wildman–Crippen MR) is 78.5 cm³/mol. The number of hydrogen-bond acceptors (Lipinski definition) is 3. The third kappa shape index (κ3) is 2.85. The lowest BCUT2D eigenvalue weighted by molar-refractivity contribution is 0.102. The topological polar surface area (TPSA) is 51.5 Å². The quantitative estimate of drug-likeness (QED) is 0.920. The molecule has 1 heterocycles. The van der Waals surface area contributed by atoms with Gasteiger partial charge in [-0.3, -0.25) is 4.79 Å².